The van der Waals surface area contributed by atoms with Gasteiger partial charge in [-0.15, -0.1) is 0 Å². The number of halogens is 3. The summed E-state index contributed by atoms with van der Waals surface area (Å²) in [4.78, 5) is 4.60. The lowest BCUT2D eigenvalue weighted by Crippen LogP contribution is -2.39. The molecule has 5 nitrogen and oxygen atoms in total. The van der Waals surface area contributed by atoms with E-state index < -0.39 is 21.9 Å². The van der Waals surface area contributed by atoms with E-state index in [1.165, 1.54) is 34.8 Å². The van der Waals surface area contributed by atoms with Crippen LogP contribution in [-0.4, -0.2) is 42.7 Å². The molecular weight excluding hydrogens is 391 g/mol. The summed E-state index contributed by atoms with van der Waals surface area (Å²) < 4.78 is 65.8. The third-order valence-corrected chi connectivity index (χ3v) is 6.75. The van der Waals surface area contributed by atoms with Gasteiger partial charge in [0, 0.05) is 32.8 Å². The molecule has 28 heavy (non-hydrogen) atoms. The van der Waals surface area contributed by atoms with Gasteiger partial charge in [0.25, 0.3) is 10.2 Å². The zero-order valence-corrected chi connectivity index (χ0v) is 16.5. The van der Waals surface area contributed by atoms with E-state index in [2.05, 4.69) is 4.98 Å². The number of hydrogen-bond acceptors (Lipinski definition) is 3. The van der Waals surface area contributed by atoms with Gasteiger partial charge in [-0.25, -0.2) is 0 Å². The number of alkyl halides is 3. The van der Waals surface area contributed by atoms with Crippen LogP contribution in [0.2, 0.25) is 0 Å². The highest BCUT2D eigenvalue weighted by atomic mass is 32.2. The molecule has 0 saturated carbocycles. The zero-order valence-electron chi connectivity index (χ0n) is 15.6. The Balaban J connectivity index is 1.81. The van der Waals surface area contributed by atoms with Gasteiger partial charge in [0.05, 0.1) is 17.3 Å². The Morgan fingerprint density at radius 1 is 1.14 bits per heavy atom. The van der Waals surface area contributed by atoms with Gasteiger partial charge < -0.3 is 0 Å². The van der Waals surface area contributed by atoms with Crippen molar-refractivity contribution in [1.29, 1.82) is 0 Å². The van der Waals surface area contributed by atoms with Gasteiger partial charge in [-0.2, -0.15) is 30.2 Å². The highest BCUT2D eigenvalue weighted by Gasteiger charge is 2.37. The van der Waals surface area contributed by atoms with Gasteiger partial charge in [-0.1, -0.05) is 18.2 Å². The number of hydrogen-bond donors (Lipinski definition) is 0. The number of rotatable bonds is 5. The Bertz CT molecular complexity index is 928. The van der Waals surface area contributed by atoms with Gasteiger partial charge in [0.2, 0.25) is 0 Å². The number of nitrogens with zero attached hydrogens (tertiary/aromatic N) is 3. The van der Waals surface area contributed by atoms with E-state index >= 15 is 0 Å². The topological polar surface area (TPSA) is 53.5 Å². The first-order valence-corrected chi connectivity index (χ1v) is 10.3. The molecule has 3 rings (SSSR count). The summed E-state index contributed by atoms with van der Waals surface area (Å²) >= 11 is 0. The molecule has 1 atom stereocenters. The molecule has 1 aromatic heterocycles. The summed E-state index contributed by atoms with van der Waals surface area (Å²) in [5.41, 5.74) is 1.37. The van der Waals surface area contributed by atoms with Crippen LogP contribution in [0.25, 0.3) is 0 Å². The monoisotopic (exact) mass is 413 g/mol. The lowest BCUT2D eigenvalue weighted by molar-refractivity contribution is -0.137. The van der Waals surface area contributed by atoms with Gasteiger partial charge in [0.15, 0.2) is 0 Å². The number of benzene rings is 1. The molecule has 0 radical (unpaired) electrons. The van der Waals surface area contributed by atoms with Crippen molar-refractivity contribution in [2.24, 2.45) is 0 Å². The van der Waals surface area contributed by atoms with Crippen molar-refractivity contribution < 1.29 is 21.6 Å². The Kier molecular flexibility index (Phi) is 5.79. The molecular formula is C19H22F3N3O2S. The normalized spacial score (nSPS) is 18.7. The van der Waals surface area contributed by atoms with E-state index in [4.69, 9.17) is 0 Å². The minimum atomic E-state index is -4.36. The van der Waals surface area contributed by atoms with Crippen LogP contribution >= 0.6 is 0 Å². The highest BCUT2D eigenvalue weighted by Crippen LogP contribution is 2.34. The molecule has 9 heteroatoms. The quantitative estimate of drug-likeness (QED) is 0.752. The minimum absolute atomic E-state index is 0.333. The fourth-order valence-electron chi connectivity index (χ4n) is 3.32. The average molecular weight is 413 g/mol. The summed E-state index contributed by atoms with van der Waals surface area (Å²) in [7, 11) is -0.546. The minimum Gasteiger partial charge on any atom is -0.256 e. The molecule has 1 unspecified atom stereocenters. The van der Waals surface area contributed by atoms with Crippen molar-refractivity contribution in [1.82, 2.24) is 13.6 Å². The van der Waals surface area contributed by atoms with Crippen LogP contribution in [-0.2, 0) is 22.8 Å². The van der Waals surface area contributed by atoms with E-state index in [0.29, 0.717) is 36.3 Å². The molecule has 1 aliphatic rings. The van der Waals surface area contributed by atoms with Crippen molar-refractivity contribution in [2.45, 2.75) is 31.5 Å². The molecule has 0 N–H and O–H groups in total. The number of pyridine rings is 1. The van der Waals surface area contributed by atoms with Crippen molar-refractivity contribution in [3.63, 3.8) is 0 Å². The van der Waals surface area contributed by atoms with Crippen LogP contribution in [0.1, 0.15) is 41.4 Å². The molecule has 0 amide bonds. The second-order valence-electron chi connectivity index (χ2n) is 6.98. The molecule has 1 aliphatic heterocycles. The lowest BCUT2D eigenvalue weighted by Gasteiger charge is -2.26. The Labute approximate surface area is 163 Å². The molecule has 2 heterocycles. The fraction of sp³-hybridized carbons (Fsp3) is 0.421. The second kappa shape index (κ2) is 7.81. The SMILES string of the molecule is CN(C)S(=O)(=O)N1CCCC1c1cccc(Cc2ccc(C(F)(F)F)cc2)n1. The molecule has 0 aliphatic carbocycles. The highest BCUT2D eigenvalue weighted by molar-refractivity contribution is 7.86. The Morgan fingerprint density at radius 3 is 2.43 bits per heavy atom. The lowest BCUT2D eigenvalue weighted by atomic mass is 10.1. The Morgan fingerprint density at radius 2 is 1.82 bits per heavy atom. The van der Waals surface area contributed by atoms with Crippen molar-refractivity contribution in [3.8, 4) is 0 Å². The molecule has 2 aromatic rings. The zero-order chi connectivity index (χ0) is 20.5. The van der Waals surface area contributed by atoms with Crippen LogP contribution in [0.15, 0.2) is 42.5 Å². The van der Waals surface area contributed by atoms with Crippen LogP contribution in [0, 0.1) is 0 Å². The van der Waals surface area contributed by atoms with E-state index in [1.807, 2.05) is 0 Å². The third kappa shape index (κ3) is 4.37. The molecule has 152 valence electrons. The van der Waals surface area contributed by atoms with Crippen LogP contribution in [0.5, 0.6) is 0 Å². The Hall–Kier alpha value is -1.97. The predicted octanol–water partition coefficient (Wildman–Crippen LogP) is 3.63. The smallest absolute Gasteiger partial charge is 0.256 e. The van der Waals surface area contributed by atoms with Gasteiger partial charge in [0.1, 0.15) is 0 Å². The standard InChI is InChI=1S/C19H22F3N3O2S/c1-24(2)28(26,27)25-12-4-7-18(25)17-6-3-5-16(23-17)13-14-8-10-15(11-9-14)19(20,21)22/h3,5-6,8-11,18H,4,7,12-13H2,1-2H3. The summed E-state index contributed by atoms with van der Waals surface area (Å²) in [5.74, 6) is 0. The summed E-state index contributed by atoms with van der Waals surface area (Å²) in [6, 6.07) is 10.1. The maximum absolute atomic E-state index is 12.7. The molecule has 0 bridgehead atoms. The first kappa shape index (κ1) is 20.8. The van der Waals surface area contributed by atoms with E-state index in [0.717, 1.165) is 18.6 Å². The number of aromatic nitrogens is 1. The first-order chi connectivity index (χ1) is 13.1. The predicted molar refractivity (Wildman–Crippen MR) is 99.8 cm³/mol. The van der Waals surface area contributed by atoms with Crippen molar-refractivity contribution in [3.05, 3.63) is 65.0 Å². The van der Waals surface area contributed by atoms with E-state index in [1.54, 1.807) is 18.2 Å². The summed E-state index contributed by atoms with van der Waals surface area (Å²) in [6.07, 6.45) is -2.55. The van der Waals surface area contributed by atoms with Gasteiger partial charge >= 0.3 is 6.18 Å². The van der Waals surface area contributed by atoms with Crippen LogP contribution < -0.4 is 0 Å². The average Bonchev–Trinajstić information content (AvgIpc) is 3.12. The first-order valence-electron chi connectivity index (χ1n) is 8.90. The molecule has 1 fully saturated rings. The molecule has 1 saturated heterocycles. The van der Waals surface area contributed by atoms with Crippen molar-refractivity contribution in [2.75, 3.05) is 20.6 Å². The van der Waals surface area contributed by atoms with Crippen molar-refractivity contribution >= 4 is 10.2 Å². The second-order valence-corrected chi connectivity index (χ2v) is 9.08. The maximum Gasteiger partial charge on any atom is 0.416 e. The summed E-state index contributed by atoms with van der Waals surface area (Å²) in [6.45, 7) is 0.440. The van der Waals surface area contributed by atoms with Crippen LogP contribution in [0.3, 0.4) is 0 Å². The summed E-state index contributed by atoms with van der Waals surface area (Å²) in [5, 5.41) is 0. The van der Waals surface area contributed by atoms with E-state index in [9.17, 15) is 21.6 Å². The van der Waals surface area contributed by atoms with Crippen LogP contribution in [0.4, 0.5) is 13.2 Å². The molecule has 0 spiro atoms. The fourth-order valence-corrected chi connectivity index (χ4v) is 4.64. The van der Waals surface area contributed by atoms with E-state index in [-0.39, 0.29) is 6.04 Å². The molecule has 1 aromatic carbocycles. The maximum atomic E-state index is 12.7. The largest absolute Gasteiger partial charge is 0.416 e. The van der Waals surface area contributed by atoms with Gasteiger partial charge in [-0.05, 0) is 42.7 Å². The van der Waals surface area contributed by atoms with Gasteiger partial charge in [-0.3, -0.25) is 4.98 Å². The third-order valence-electron chi connectivity index (χ3n) is 4.80.